The van der Waals surface area contributed by atoms with Gasteiger partial charge >= 0.3 is 0 Å². The first-order chi connectivity index (χ1) is 34.3. The Morgan fingerprint density at radius 1 is 0.246 bits per heavy atom. The Bertz CT molecular complexity index is 4080. The van der Waals surface area contributed by atoms with Gasteiger partial charge in [-0.15, -0.1) is 0 Å². The van der Waals surface area contributed by atoms with E-state index in [1.807, 2.05) is 0 Å². The Balaban J connectivity index is 1.29. The van der Waals surface area contributed by atoms with Crippen LogP contribution < -0.4 is 0 Å². The molecule has 14 aromatic rings. The van der Waals surface area contributed by atoms with Crippen LogP contribution in [0.2, 0.25) is 0 Å². The highest BCUT2D eigenvalue weighted by Crippen LogP contribution is 2.48. The van der Waals surface area contributed by atoms with Gasteiger partial charge in [0.15, 0.2) is 11.6 Å². The first-order valence-corrected chi connectivity index (χ1v) is 23.4. The standard InChI is InChI=1S/C63H40N6/c1-4-22-41(23-5-1)50-40-51(42-24-6-2-7-25-42)65-61(64-50)59-58(43-26-8-3-9-27-43)62(68-54-36-18-12-30-46(54)47-31-13-19-37-55(47)68)66-63(69-56-38-20-14-32-48(56)49-33-15-21-39-57(49)69)60(59)67-52-34-16-10-28-44(52)45-29-11-17-35-53(45)67/h1-40H. The summed E-state index contributed by atoms with van der Waals surface area (Å²) in [4.78, 5) is 17.7. The summed E-state index contributed by atoms with van der Waals surface area (Å²) < 4.78 is 7.16. The van der Waals surface area contributed by atoms with Crippen molar-refractivity contribution in [1.82, 2.24) is 28.7 Å². The molecule has 0 amide bonds. The van der Waals surface area contributed by atoms with Crippen molar-refractivity contribution in [3.8, 4) is 62.4 Å². The molecule has 0 bridgehead atoms. The zero-order chi connectivity index (χ0) is 45.4. The highest BCUT2D eigenvalue weighted by atomic mass is 15.2. The molecule has 5 aromatic heterocycles. The number of hydrogen-bond acceptors (Lipinski definition) is 3. The van der Waals surface area contributed by atoms with Gasteiger partial charge in [-0.2, -0.15) is 0 Å². The smallest absolute Gasteiger partial charge is 0.165 e. The van der Waals surface area contributed by atoms with Crippen LogP contribution in [0.5, 0.6) is 0 Å². The third-order valence-electron chi connectivity index (χ3n) is 13.7. The molecule has 0 aliphatic carbocycles. The summed E-state index contributed by atoms with van der Waals surface area (Å²) >= 11 is 0. The molecule has 0 saturated carbocycles. The van der Waals surface area contributed by atoms with E-state index in [9.17, 15) is 0 Å². The molecule has 0 aliphatic rings. The predicted octanol–water partition coefficient (Wildman–Crippen LogP) is 15.8. The van der Waals surface area contributed by atoms with Crippen LogP contribution in [-0.2, 0) is 0 Å². The Morgan fingerprint density at radius 3 is 0.928 bits per heavy atom. The minimum atomic E-state index is 0.581. The van der Waals surface area contributed by atoms with Crippen LogP contribution in [-0.4, -0.2) is 28.7 Å². The van der Waals surface area contributed by atoms with E-state index in [-0.39, 0.29) is 0 Å². The van der Waals surface area contributed by atoms with E-state index in [0.29, 0.717) is 5.82 Å². The predicted molar refractivity (Wildman–Crippen MR) is 285 cm³/mol. The van der Waals surface area contributed by atoms with Crippen molar-refractivity contribution in [3.63, 3.8) is 0 Å². The van der Waals surface area contributed by atoms with Gasteiger partial charge in [0.2, 0.25) is 0 Å². The summed E-state index contributed by atoms with van der Waals surface area (Å²) in [6, 6.07) is 86.0. The van der Waals surface area contributed by atoms with Gasteiger partial charge in [0.05, 0.1) is 50.1 Å². The molecule has 0 aliphatic heterocycles. The van der Waals surface area contributed by atoms with Gasteiger partial charge in [0.1, 0.15) is 11.5 Å². The van der Waals surface area contributed by atoms with E-state index in [1.165, 1.54) is 0 Å². The lowest BCUT2D eigenvalue weighted by molar-refractivity contribution is 0.982. The summed E-state index contributed by atoms with van der Waals surface area (Å²) in [7, 11) is 0. The Labute approximate surface area is 397 Å². The average molecular weight is 881 g/mol. The molecule has 6 heteroatoms. The third-order valence-corrected chi connectivity index (χ3v) is 13.7. The average Bonchev–Trinajstić information content (AvgIpc) is 4.07. The van der Waals surface area contributed by atoms with Crippen LogP contribution in [0.25, 0.3) is 128 Å². The number of fused-ring (bicyclic) bond motifs is 9. The molecule has 0 unspecified atom stereocenters. The Kier molecular flexibility index (Phi) is 8.79. The Morgan fingerprint density at radius 2 is 0.551 bits per heavy atom. The van der Waals surface area contributed by atoms with Gasteiger partial charge < -0.3 is 4.57 Å². The monoisotopic (exact) mass is 880 g/mol. The van der Waals surface area contributed by atoms with Gasteiger partial charge in [0, 0.05) is 49.0 Å². The van der Waals surface area contributed by atoms with Crippen LogP contribution >= 0.6 is 0 Å². The van der Waals surface area contributed by atoms with Crippen molar-refractivity contribution in [2.75, 3.05) is 0 Å². The van der Waals surface area contributed by atoms with Crippen LogP contribution in [0, 0.1) is 0 Å². The zero-order valence-corrected chi connectivity index (χ0v) is 37.3. The second kappa shape index (κ2) is 15.6. The number of hydrogen-bond donors (Lipinski definition) is 0. The maximum Gasteiger partial charge on any atom is 0.165 e. The van der Waals surface area contributed by atoms with Gasteiger partial charge in [-0.05, 0) is 48.0 Å². The van der Waals surface area contributed by atoms with E-state index < -0.39 is 0 Å². The van der Waals surface area contributed by atoms with Crippen LogP contribution in [0.15, 0.2) is 243 Å². The number of benzene rings is 9. The second-order valence-corrected chi connectivity index (χ2v) is 17.5. The summed E-state index contributed by atoms with van der Waals surface area (Å²) in [6.45, 7) is 0. The Hall–Kier alpha value is -9.39. The van der Waals surface area contributed by atoms with Crippen molar-refractivity contribution in [3.05, 3.63) is 243 Å². The van der Waals surface area contributed by atoms with Crippen molar-refractivity contribution in [2.24, 2.45) is 0 Å². The number of nitrogens with zero attached hydrogens (tertiary/aromatic N) is 6. The largest absolute Gasteiger partial charge is 0.305 e. The maximum absolute atomic E-state index is 6.20. The van der Waals surface area contributed by atoms with Gasteiger partial charge in [-0.3, -0.25) is 9.13 Å². The van der Waals surface area contributed by atoms with Crippen LogP contribution in [0.3, 0.4) is 0 Å². The number of pyridine rings is 1. The first-order valence-electron chi connectivity index (χ1n) is 23.4. The fraction of sp³-hybridized carbons (Fsp3) is 0. The van der Waals surface area contributed by atoms with Crippen LogP contribution in [0.4, 0.5) is 0 Å². The lowest BCUT2D eigenvalue weighted by Gasteiger charge is -2.25. The van der Waals surface area contributed by atoms with Gasteiger partial charge in [-0.25, -0.2) is 15.0 Å². The summed E-state index contributed by atoms with van der Waals surface area (Å²) in [5.74, 6) is 2.10. The van der Waals surface area contributed by atoms with Gasteiger partial charge in [0.25, 0.3) is 0 Å². The highest BCUT2D eigenvalue weighted by molar-refractivity contribution is 6.14. The molecule has 0 N–H and O–H groups in total. The van der Waals surface area contributed by atoms with Gasteiger partial charge in [-0.1, -0.05) is 200 Å². The van der Waals surface area contributed by atoms with Crippen molar-refractivity contribution >= 4 is 65.4 Å². The first kappa shape index (κ1) is 38.8. The minimum absolute atomic E-state index is 0.581. The molecular weight excluding hydrogens is 841 g/mol. The summed E-state index contributed by atoms with van der Waals surface area (Å²) in [5.41, 5.74) is 13.5. The second-order valence-electron chi connectivity index (χ2n) is 17.5. The molecule has 5 heterocycles. The zero-order valence-electron chi connectivity index (χ0n) is 37.3. The molecule has 0 saturated heterocycles. The lowest BCUT2D eigenvalue weighted by atomic mass is 9.96. The SMILES string of the molecule is c1ccc(-c2cc(-c3ccccc3)nc(-c3c(-c4ccccc4)c(-n4c5ccccc5c5ccccc54)nc(-n4c5ccccc5c5ccccc54)c3-n3c4ccccc4c4ccccc43)n2)cc1. The molecule has 9 aromatic carbocycles. The molecule has 69 heavy (non-hydrogen) atoms. The van der Waals surface area contributed by atoms with Crippen molar-refractivity contribution < 1.29 is 0 Å². The maximum atomic E-state index is 6.20. The van der Waals surface area contributed by atoms with Crippen molar-refractivity contribution in [1.29, 1.82) is 0 Å². The van der Waals surface area contributed by atoms with E-state index in [0.717, 1.165) is 122 Å². The molecule has 0 fully saturated rings. The third kappa shape index (κ3) is 6.02. The lowest BCUT2D eigenvalue weighted by Crippen LogP contribution is -2.14. The number of para-hydroxylation sites is 6. The molecule has 6 nitrogen and oxygen atoms in total. The number of aromatic nitrogens is 6. The fourth-order valence-corrected chi connectivity index (χ4v) is 10.7. The normalized spacial score (nSPS) is 11.8. The summed E-state index contributed by atoms with van der Waals surface area (Å²) in [5, 5.41) is 6.86. The quantitative estimate of drug-likeness (QED) is 0.160. The van der Waals surface area contributed by atoms with E-state index in [2.05, 4.69) is 256 Å². The highest BCUT2D eigenvalue weighted by Gasteiger charge is 2.32. The summed E-state index contributed by atoms with van der Waals surface area (Å²) in [6.07, 6.45) is 0. The topological polar surface area (TPSA) is 53.5 Å². The number of rotatable bonds is 7. The van der Waals surface area contributed by atoms with E-state index in [4.69, 9.17) is 15.0 Å². The molecule has 0 spiro atoms. The fourth-order valence-electron chi connectivity index (χ4n) is 10.7. The molecule has 0 atom stereocenters. The van der Waals surface area contributed by atoms with E-state index in [1.54, 1.807) is 0 Å². The molecule has 322 valence electrons. The molecule has 0 radical (unpaired) electrons. The molecular formula is C63H40N6. The molecule has 14 rings (SSSR count). The van der Waals surface area contributed by atoms with Crippen LogP contribution in [0.1, 0.15) is 0 Å². The van der Waals surface area contributed by atoms with Crippen molar-refractivity contribution in [2.45, 2.75) is 0 Å². The minimum Gasteiger partial charge on any atom is -0.305 e. The van der Waals surface area contributed by atoms with E-state index >= 15 is 0 Å².